The van der Waals surface area contributed by atoms with Crippen molar-refractivity contribution in [3.8, 4) is 0 Å². The molecule has 2 heterocycles. The molecule has 0 amide bonds. The van der Waals surface area contributed by atoms with Gasteiger partial charge in [0.1, 0.15) is 0 Å². The quantitative estimate of drug-likeness (QED) is 0.896. The Hall–Kier alpha value is -1.33. The van der Waals surface area contributed by atoms with Gasteiger partial charge < -0.3 is 19.5 Å². The van der Waals surface area contributed by atoms with Crippen LogP contribution in [-0.4, -0.2) is 48.9 Å². The van der Waals surface area contributed by atoms with Crippen molar-refractivity contribution in [1.29, 1.82) is 0 Å². The fourth-order valence-electron chi connectivity index (χ4n) is 2.94. The summed E-state index contributed by atoms with van der Waals surface area (Å²) in [5.41, 5.74) is 1.03. The Labute approximate surface area is 126 Å². The summed E-state index contributed by atoms with van der Waals surface area (Å²) in [6.45, 7) is 6.78. The summed E-state index contributed by atoms with van der Waals surface area (Å²) in [6.07, 6.45) is 3.02. The van der Waals surface area contributed by atoms with Crippen molar-refractivity contribution in [3.05, 3.63) is 28.7 Å². The first-order valence-corrected chi connectivity index (χ1v) is 7.67. The van der Waals surface area contributed by atoms with Gasteiger partial charge in [-0.05, 0) is 32.4 Å². The van der Waals surface area contributed by atoms with E-state index in [0.29, 0.717) is 31.2 Å². The minimum atomic E-state index is 0.0161. The molecule has 1 aliphatic rings. The maximum Gasteiger partial charge on any atom is 0.250 e. The molecular weight excluding hydrogens is 266 g/mol. The van der Waals surface area contributed by atoms with Crippen molar-refractivity contribution < 1.29 is 4.74 Å². The number of piperidine rings is 1. The van der Waals surface area contributed by atoms with Gasteiger partial charge in [-0.1, -0.05) is 6.92 Å². The Balaban J connectivity index is 2.07. The maximum absolute atomic E-state index is 11.8. The monoisotopic (exact) mass is 293 g/mol. The largest absolute Gasteiger partial charge is 0.383 e. The number of pyridine rings is 1. The Morgan fingerprint density at radius 3 is 2.86 bits per heavy atom. The maximum atomic E-state index is 11.8. The van der Waals surface area contributed by atoms with Crippen molar-refractivity contribution in [2.24, 2.45) is 5.92 Å². The average molecular weight is 293 g/mol. The third-order valence-electron chi connectivity index (χ3n) is 4.48. The Kier molecular flexibility index (Phi) is 5.42. The minimum absolute atomic E-state index is 0.0161. The van der Waals surface area contributed by atoms with Crippen LogP contribution in [0.2, 0.25) is 0 Å². The van der Waals surface area contributed by atoms with Gasteiger partial charge in [0.05, 0.1) is 12.3 Å². The van der Waals surface area contributed by atoms with Crippen LogP contribution in [0.15, 0.2) is 23.1 Å². The molecule has 21 heavy (non-hydrogen) atoms. The average Bonchev–Trinajstić information content (AvgIpc) is 2.45. The van der Waals surface area contributed by atoms with Gasteiger partial charge in [-0.15, -0.1) is 0 Å². The molecule has 3 atom stereocenters. The van der Waals surface area contributed by atoms with E-state index in [1.807, 2.05) is 12.3 Å². The summed E-state index contributed by atoms with van der Waals surface area (Å²) in [5, 5.41) is 3.60. The van der Waals surface area contributed by atoms with E-state index < -0.39 is 0 Å². The van der Waals surface area contributed by atoms with Gasteiger partial charge in [0.25, 0.3) is 5.56 Å². The number of aromatic nitrogens is 1. The number of hydrogen-bond acceptors (Lipinski definition) is 4. The van der Waals surface area contributed by atoms with E-state index in [0.717, 1.165) is 18.7 Å². The first kappa shape index (κ1) is 16.0. The highest BCUT2D eigenvalue weighted by molar-refractivity contribution is 5.41. The molecule has 1 N–H and O–H groups in total. The Bertz CT molecular complexity index is 514. The predicted molar refractivity (Wildman–Crippen MR) is 85.9 cm³/mol. The molecule has 0 aromatic carbocycles. The molecule has 2 rings (SSSR count). The van der Waals surface area contributed by atoms with Crippen LogP contribution < -0.4 is 10.9 Å². The number of anilines is 1. The molecule has 0 bridgehead atoms. The van der Waals surface area contributed by atoms with E-state index in [9.17, 15) is 4.79 Å². The van der Waals surface area contributed by atoms with Crippen molar-refractivity contribution >= 4 is 5.69 Å². The number of ether oxygens (including phenoxy) is 1. The first-order valence-electron chi connectivity index (χ1n) is 7.67. The van der Waals surface area contributed by atoms with Gasteiger partial charge in [0, 0.05) is 44.5 Å². The topological polar surface area (TPSA) is 46.5 Å². The molecule has 118 valence electrons. The summed E-state index contributed by atoms with van der Waals surface area (Å²) in [6, 6.07) is 4.53. The standard InChI is InChI=1S/C16H27N3O2/c1-12-10-18(3)13(2)9-15(12)17-14-5-6-16(20)19(11-14)7-8-21-4/h5-6,11-13,15,17H,7-10H2,1-4H3. The fourth-order valence-corrected chi connectivity index (χ4v) is 2.94. The van der Waals surface area contributed by atoms with E-state index in [1.54, 1.807) is 17.7 Å². The second-order valence-corrected chi connectivity index (χ2v) is 6.19. The third-order valence-corrected chi connectivity index (χ3v) is 4.48. The Morgan fingerprint density at radius 1 is 1.38 bits per heavy atom. The number of likely N-dealkylation sites (tertiary alicyclic amines) is 1. The highest BCUT2D eigenvalue weighted by Gasteiger charge is 2.28. The number of hydrogen-bond donors (Lipinski definition) is 1. The Morgan fingerprint density at radius 2 is 2.14 bits per heavy atom. The zero-order valence-electron chi connectivity index (χ0n) is 13.5. The molecule has 5 heteroatoms. The molecule has 1 aromatic heterocycles. The SMILES string of the molecule is COCCn1cc(NC2CC(C)N(C)CC2C)ccc1=O. The lowest BCUT2D eigenvalue weighted by molar-refractivity contribution is 0.145. The van der Waals surface area contributed by atoms with E-state index in [2.05, 4.69) is 31.1 Å². The third kappa shape index (κ3) is 4.08. The minimum Gasteiger partial charge on any atom is -0.383 e. The predicted octanol–water partition coefficient (Wildman–Crippen LogP) is 1.64. The molecule has 1 saturated heterocycles. The van der Waals surface area contributed by atoms with Gasteiger partial charge in [0.2, 0.25) is 0 Å². The number of nitrogens with one attached hydrogen (secondary N) is 1. The van der Waals surface area contributed by atoms with Crippen LogP contribution in [0.1, 0.15) is 20.3 Å². The molecule has 1 aromatic rings. The molecular formula is C16H27N3O2. The molecule has 0 radical (unpaired) electrons. The summed E-state index contributed by atoms with van der Waals surface area (Å²) in [7, 11) is 3.83. The first-order chi connectivity index (χ1) is 10.0. The van der Waals surface area contributed by atoms with E-state index >= 15 is 0 Å². The van der Waals surface area contributed by atoms with Crippen LogP contribution in [0.3, 0.4) is 0 Å². The zero-order valence-corrected chi connectivity index (χ0v) is 13.5. The van der Waals surface area contributed by atoms with Gasteiger partial charge in [-0.3, -0.25) is 4.79 Å². The molecule has 1 fully saturated rings. The lowest BCUT2D eigenvalue weighted by Crippen LogP contribution is -2.48. The molecule has 3 unspecified atom stereocenters. The molecule has 0 saturated carbocycles. The van der Waals surface area contributed by atoms with Gasteiger partial charge in [0.15, 0.2) is 0 Å². The van der Waals surface area contributed by atoms with Crippen LogP contribution in [0.5, 0.6) is 0 Å². The second kappa shape index (κ2) is 7.09. The van der Waals surface area contributed by atoms with Crippen LogP contribution in [0, 0.1) is 5.92 Å². The van der Waals surface area contributed by atoms with E-state index in [1.165, 1.54) is 0 Å². The lowest BCUT2D eigenvalue weighted by atomic mass is 9.90. The summed E-state index contributed by atoms with van der Waals surface area (Å²) in [5.74, 6) is 0.588. The van der Waals surface area contributed by atoms with Crippen molar-refractivity contribution in [3.63, 3.8) is 0 Å². The summed E-state index contributed by atoms with van der Waals surface area (Å²) >= 11 is 0. The van der Waals surface area contributed by atoms with Crippen LogP contribution >= 0.6 is 0 Å². The summed E-state index contributed by atoms with van der Waals surface area (Å²) < 4.78 is 6.75. The summed E-state index contributed by atoms with van der Waals surface area (Å²) in [4.78, 5) is 14.2. The lowest BCUT2D eigenvalue weighted by Gasteiger charge is -2.40. The van der Waals surface area contributed by atoms with E-state index in [-0.39, 0.29) is 5.56 Å². The molecule has 1 aliphatic heterocycles. The second-order valence-electron chi connectivity index (χ2n) is 6.19. The number of nitrogens with zero attached hydrogens (tertiary/aromatic N) is 2. The normalized spacial score (nSPS) is 26.8. The smallest absolute Gasteiger partial charge is 0.250 e. The van der Waals surface area contributed by atoms with E-state index in [4.69, 9.17) is 4.74 Å². The van der Waals surface area contributed by atoms with Crippen molar-refractivity contribution in [1.82, 2.24) is 9.47 Å². The van der Waals surface area contributed by atoms with Crippen LogP contribution in [-0.2, 0) is 11.3 Å². The van der Waals surface area contributed by atoms with Gasteiger partial charge in [-0.25, -0.2) is 0 Å². The van der Waals surface area contributed by atoms with Crippen molar-refractivity contribution in [2.45, 2.75) is 38.9 Å². The number of rotatable bonds is 5. The van der Waals surface area contributed by atoms with Crippen molar-refractivity contribution in [2.75, 3.05) is 32.6 Å². The van der Waals surface area contributed by atoms with Crippen LogP contribution in [0.4, 0.5) is 5.69 Å². The zero-order chi connectivity index (χ0) is 15.4. The molecule has 5 nitrogen and oxygen atoms in total. The van der Waals surface area contributed by atoms with Crippen LogP contribution in [0.25, 0.3) is 0 Å². The number of methoxy groups -OCH3 is 1. The van der Waals surface area contributed by atoms with Gasteiger partial charge in [-0.2, -0.15) is 0 Å². The highest BCUT2D eigenvalue weighted by atomic mass is 16.5. The molecule has 0 spiro atoms. The highest BCUT2D eigenvalue weighted by Crippen LogP contribution is 2.23. The fraction of sp³-hybridized carbons (Fsp3) is 0.688. The molecule has 0 aliphatic carbocycles. The van der Waals surface area contributed by atoms with Gasteiger partial charge >= 0.3 is 0 Å².